The number of nitrogens with one attached hydrogen (secondary N) is 1. The Morgan fingerprint density at radius 3 is 2.50 bits per heavy atom. The van der Waals surface area contributed by atoms with Crippen molar-refractivity contribution in [3.63, 3.8) is 0 Å². The third-order valence-electron chi connectivity index (χ3n) is 4.66. The quantitative estimate of drug-likeness (QED) is 0.743. The van der Waals surface area contributed by atoms with Crippen LogP contribution in [0.25, 0.3) is 0 Å². The summed E-state index contributed by atoms with van der Waals surface area (Å²) in [6.07, 6.45) is 6.71. The topological polar surface area (TPSA) is 21.3 Å². The van der Waals surface area contributed by atoms with Gasteiger partial charge in [-0.05, 0) is 37.9 Å². The Hall–Kier alpha value is -1.26. The third-order valence-corrected chi connectivity index (χ3v) is 4.66. The summed E-state index contributed by atoms with van der Waals surface area (Å²) in [5, 5.41) is 8.47. The Balaban J connectivity index is 1.79. The second kappa shape index (κ2) is 7.34. The molecule has 4 nitrogen and oxygen atoms in total. The smallest absolute Gasteiger partial charge is 0.169 e. The molecule has 2 heterocycles. The van der Waals surface area contributed by atoms with E-state index in [1.165, 1.54) is 63.1 Å². The molecule has 0 aliphatic carbocycles. The second-order valence-corrected chi connectivity index (χ2v) is 6.37. The van der Waals surface area contributed by atoms with Crippen molar-refractivity contribution in [2.45, 2.75) is 52.2 Å². The van der Waals surface area contributed by atoms with Crippen LogP contribution in [0.5, 0.6) is 0 Å². The molecule has 2 atom stereocenters. The summed E-state index contributed by atoms with van der Waals surface area (Å²) in [7, 11) is 0. The van der Waals surface area contributed by atoms with Crippen LogP contribution in [-0.2, 0) is 0 Å². The molecule has 122 valence electrons. The summed E-state index contributed by atoms with van der Waals surface area (Å²) in [6, 6.07) is 8.92. The van der Waals surface area contributed by atoms with Crippen molar-refractivity contribution in [1.29, 1.82) is 0 Å². The maximum Gasteiger partial charge on any atom is 0.169 e. The van der Waals surface area contributed by atoms with Gasteiger partial charge in [-0.1, -0.05) is 38.8 Å². The van der Waals surface area contributed by atoms with E-state index in [-0.39, 0.29) is 0 Å². The van der Waals surface area contributed by atoms with Gasteiger partial charge >= 0.3 is 0 Å². The zero-order chi connectivity index (χ0) is 15.4. The lowest BCUT2D eigenvalue weighted by Gasteiger charge is -2.27. The molecule has 0 bridgehead atoms. The van der Waals surface area contributed by atoms with Gasteiger partial charge < -0.3 is 4.90 Å². The van der Waals surface area contributed by atoms with E-state index < -0.39 is 0 Å². The van der Waals surface area contributed by atoms with Crippen LogP contribution in [0.4, 0.5) is 11.4 Å². The average molecular weight is 302 g/mol. The first-order valence-corrected chi connectivity index (χ1v) is 9.00. The first kappa shape index (κ1) is 15.6. The zero-order valence-corrected chi connectivity index (χ0v) is 14.1. The third kappa shape index (κ3) is 3.23. The van der Waals surface area contributed by atoms with Crippen LogP contribution in [-0.4, -0.2) is 37.5 Å². The number of para-hydroxylation sites is 2. The fourth-order valence-electron chi connectivity index (χ4n) is 3.35. The summed E-state index contributed by atoms with van der Waals surface area (Å²) < 4.78 is 0. The molecular formula is C18H30N4. The number of fused-ring (bicyclic) bond motifs is 1. The van der Waals surface area contributed by atoms with E-state index in [1.807, 2.05) is 0 Å². The van der Waals surface area contributed by atoms with Crippen molar-refractivity contribution in [3.05, 3.63) is 24.3 Å². The van der Waals surface area contributed by atoms with E-state index in [2.05, 4.69) is 58.3 Å². The summed E-state index contributed by atoms with van der Waals surface area (Å²) in [5.41, 5.74) is 2.77. The highest BCUT2D eigenvalue weighted by Crippen LogP contribution is 2.40. The number of anilines is 2. The maximum atomic E-state index is 3.59. The first-order valence-electron chi connectivity index (χ1n) is 9.00. The Morgan fingerprint density at radius 1 is 1.14 bits per heavy atom. The molecule has 2 fully saturated rings. The van der Waals surface area contributed by atoms with Gasteiger partial charge in [0.05, 0.1) is 11.4 Å². The molecule has 2 aliphatic heterocycles. The van der Waals surface area contributed by atoms with Gasteiger partial charge in [0.15, 0.2) is 6.29 Å². The molecule has 1 N–H and O–H groups in total. The molecule has 0 amide bonds. The fourth-order valence-corrected chi connectivity index (χ4v) is 3.35. The van der Waals surface area contributed by atoms with Crippen molar-refractivity contribution >= 4 is 11.4 Å². The van der Waals surface area contributed by atoms with E-state index in [0.717, 1.165) is 6.54 Å². The molecule has 4 heteroatoms. The van der Waals surface area contributed by atoms with E-state index in [9.17, 15) is 0 Å². The standard InChI is InChI=1S/C18H30N4/c1-3-5-13-20(14-6-4-2)16-10-7-8-11-17(16)22-18-19-12-9-15-21(18)22/h7-8,10-11,18-19H,3-6,9,12-15H2,1-2H3. The van der Waals surface area contributed by atoms with Gasteiger partial charge in [-0.2, -0.15) is 5.01 Å². The number of hydrogen-bond donors (Lipinski definition) is 1. The van der Waals surface area contributed by atoms with Crippen molar-refractivity contribution in [3.8, 4) is 0 Å². The van der Waals surface area contributed by atoms with Crippen molar-refractivity contribution < 1.29 is 0 Å². The van der Waals surface area contributed by atoms with Gasteiger partial charge in [0.2, 0.25) is 0 Å². The van der Waals surface area contributed by atoms with Crippen LogP contribution in [0, 0.1) is 0 Å². The van der Waals surface area contributed by atoms with Gasteiger partial charge in [0.25, 0.3) is 0 Å². The van der Waals surface area contributed by atoms with E-state index >= 15 is 0 Å². The lowest BCUT2D eigenvalue weighted by molar-refractivity contribution is 0.391. The van der Waals surface area contributed by atoms with Gasteiger partial charge in [0, 0.05) is 19.6 Å². The minimum atomic E-state index is 0.425. The fraction of sp³-hybridized carbons (Fsp3) is 0.667. The number of unbranched alkanes of at least 4 members (excludes halogenated alkanes) is 2. The Kier molecular flexibility index (Phi) is 5.21. The first-order chi connectivity index (χ1) is 10.9. The highest BCUT2D eigenvalue weighted by atomic mass is 15.9. The average Bonchev–Trinajstić information content (AvgIpc) is 3.29. The van der Waals surface area contributed by atoms with Gasteiger partial charge in [0.1, 0.15) is 0 Å². The Labute approximate surface area is 135 Å². The molecule has 0 saturated carbocycles. The second-order valence-electron chi connectivity index (χ2n) is 6.37. The Bertz CT molecular complexity index is 456. The van der Waals surface area contributed by atoms with Gasteiger partial charge in [-0.3, -0.25) is 10.3 Å². The number of hydrogen-bond acceptors (Lipinski definition) is 4. The molecule has 0 radical (unpaired) electrons. The zero-order valence-electron chi connectivity index (χ0n) is 14.1. The largest absolute Gasteiger partial charge is 0.370 e. The van der Waals surface area contributed by atoms with Crippen LogP contribution in [0.1, 0.15) is 46.0 Å². The van der Waals surface area contributed by atoms with E-state index in [1.54, 1.807) is 0 Å². The predicted octanol–water partition coefficient (Wildman–Crippen LogP) is 3.41. The highest BCUT2D eigenvalue weighted by Gasteiger charge is 2.47. The van der Waals surface area contributed by atoms with E-state index in [0.29, 0.717) is 6.29 Å². The van der Waals surface area contributed by atoms with Crippen LogP contribution in [0.2, 0.25) is 0 Å². The van der Waals surface area contributed by atoms with Gasteiger partial charge in [-0.25, -0.2) is 0 Å². The molecule has 0 aromatic heterocycles. The molecule has 1 aromatic carbocycles. The normalized spacial score (nSPS) is 23.3. The van der Waals surface area contributed by atoms with Gasteiger partial charge in [-0.15, -0.1) is 0 Å². The molecule has 2 aliphatic rings. The predicted molar refractivity (Wildman–Crippen MR) is 94.1 cm³/mol. The monoisotopic (exact) mass is 302 g/mol. The Morgan fingerprint density at radius 2 is 1.86 bits per heavy atom. The van der Waals surface area contributed by atoms with Crippen molar-refractivity contribution in [2.24, 2.45) is 0 Å². The summed E-state index contributed by atoms with van der Waals surface area (Å²) >= 11 is 0. The highest BCUT2D eigenvalue weighted by molar-refractivity contribution is 5.73. The lowest BCUT2D eigenvalue weighted by Crippen LogP contribution is -2.30. The SMILES string of the molecule is CCCCN(CCCC)c1ccccc1N1C2NCCCN21. The van der Waals surface area contributed by atoms with Crippen molar-refractivity contribution in [2.75, 3.05) is 36.1 Å². The number of hydrazine groups is 1. The minimum Gasteiger partial charge on any atom is -0.370 e. The van der Waals surface area contributed by atoms with Crippen LogP contribution in [0.3, 0.4) is 0 Å². The maximum absolute atomic E-state index is 3.59. The molecule has 2 unspecified atom stereocenters. The molecule has 22 heavy (non-hydrogen) atoms. The lowest BCUT2D eigenvalue weighted by atomic mass is 10.2. The number of benzene rings is 1. The summed E-state index contributed by atoms with van der Waals surface area (Å²) in [6.45, 7) is 9.20. The van der Waals surface area contributed by atoms with E-state index in [4.69, 9.17) is 0 Å². The summed E-state index contributed by atoms with van der Waals surface area (Å²) in [5.74, 6) is 0. The number of rotatable bonds is 8. The minimum absolute atomic E-state index is 0.425. The molecule has 1 aromatic rings. The van der Waals surface area contributed by atoms with Crippen LogP contribution < -0.4 is 15.2 Å². The molecule has 0 spiro atoms. The van der Waals surface area contributed by atoms with Crippen LogP contribution >= 0.6 is 0 Å². The molecule has 3 rings (SSSR count). The molecular weight excluding hydrogens is 272 g/mol. The van der Waals surface area contributed by atoms with Crippen LogP contribution in [0.15, 0.2) is 24.3 Å². The summed E-state index contributed by atoms with van der Waals surface area (Å²) in [4.78, 5) is 2.59. The van der Waals surface area contributed by atoms with Crippen molar-refractivity contribution in [1.82, 2.24) is 10.3 Å². The molecule has 2 saturated heterocycles. The number of nitrogens with zero attached hydrogens (tertiary/aromatic N) is 3.